The van der Waals surface area contributed by atoms with Gasteiger partial charge in [-0.25, -0.2) is 0 Å². The van der Waals surface area contributed by atoms with Gasteiger partial charge in [0.1, 0.15) is 0 Å². The van der Waals surface area contributed by atoms with Gasteiger partial charge in [-0.15, -0.1) is 10.2 Å². The van der Waals surface area contributed by atoms with E-state index >= 15 is 0 Å². The summed E-state index contributed by atoms with van der Waals surface area (Å²) in [5.41, 5.74) is 2.72. The van der Waals surface area contributed by atoms with E-state index in [1.165, 1.54) is 30.4 Å². The van der Waals surface area contributed by atoms with E-state index < -0.39 is 0 Å². The average Bonchev–Trinajstić information content (AvgIpc) is 3.13. The first-order valence-corrected chi connectivity index (χ1v) is 9.29. The molecule has 2 aromatic rings. The fraction of sp³-hybridized carbons (Fsp3) is 0.600. The molecule has 24 heavy (non-hydrogen) atoms. The number of aromatic nitrogens is 2. The number of benzene rings is 1. The molecule has 1 saturated carbocycles. The topological polar surface area (TPSA) is 48.2 Å². The molecule has 1 aromatic heterocycles. The van der Waals surface area contributed by atoms with Crippen LogP contribution in [0, 0.1) is 6.92 Å². The quantitative estimate of drug-likeness (QED) is 0.819. The summed E-state index contributed by atoms with van der Waals surface area (Å²) in [6.45, 7) is 3.75. The SMILES string of the molecule is Cc1ccc(C2CCCCC2c2nnc(C3CCOCC3)o2)cc1. The predicted octanol–water partition coefficient (Wildman–Crippen LogP) is 4.71. The lowest BCUT2D eigenvalue weighted by atomic mass is 9.75. The van der Waals surface area contributed by atoms with Gasteiger partial charge in [-0.05, 0) is 44.1 Å². The highest BCUT2D eigenvalue weighted by Crippen LogP contribution is 2.44. The molecule has 1 saturated heterocycles. The maximum atomic E-state index is 6.16. The molecule has 0 bridgehead atoms. The van der Waals surface area contributed by atoms with Gasteiger partial charge in [-0.3, -0.25) is 0 Å². The Morgan fingerprint density at radius 3 is 2.25 bits per heavy atom. The number of rotatable bonds is 3. The third kappa shape index (κ3) is 3.25. The Morgan fingerprint density at radius 2 is 1.50 bits per heavy atom. The van der Waals surface area contributed by atoms with Crippen molar-refractivity contribution in [2.24, 2.45) is 0 Å². The van der Waals surface area contributed by atoms with E-state index in [0.717, 1.165) is 44.3 Å². The van der Waals surface area contributed by atoms with Crippen molar-refractivity contribution in [1.29, 1.82) is 0 Å². The molecular formula is C20H26N2O2. The van der Waals surface area contributed by atoms with Gasteiger partial charge in [-0.1, -0.05) is 42.7 Å². The van der Waals surface area contributed by atoms with Gasteiger partial charge in [0, 0.05) is 25.0 Å². The highest BCUT2D eigenvalue weighted by Gasteiger charge is 2.32. The van der Waals surface area contributed by atoms with E-state index in [4.69, 9.17) is 9.15 Å². The molecule has 2 aliphatic rings. The monoisotopic (exact) mass is 326 g/mol. The van der Waals surface area contributed by atoms with Crippen molar-refractivity contribution in [3.8, 4) is 0 Å². The van der Waals surface area contributed by atoms with E-state index in [0.29, 0.717) is 17.8 Å². The van der Waals surface area contributed by atoms with Crippen LogP contribution in [0.5, 0.6) is 0 Å². The number of nitrogens with zero attached hydrogens (tertiary/aromatic N) is 2. The molecular weight excluding hydrogens is 300 g/mol. The summed E-state index contributed by atoms with van der Waals surface area (Å²) in [5, 5.41) is 8.84. The standard InChI is InChI=1S/C20H26N2O2/c1-14-6-8-15(9-7-14)17-4-2-3-5-18(17)20-22-21-19(24-20)16-10-12-23-13-11-16/h6-9,16-18H,2-5,10-13H2,1H3. The minimum Gasteiger partial charge on any atom is -0.425 e. The summed E-state index contributed by atoms with van der Waals surface area (Å²) in [4.78, 5) is 0. The zero-order valence-corrected chi connectivity index (χ0v) is 14.4. The van der Waals surface area contributed by atoms with Crippen LogP contribution < -0.4 is 0 Å². The fourth-order valence-corrected chi connectivity index (χ4v) is 4.14. The normalized spacial score (nSPS) is 25.7. The van der Waals surface area contributed by atoms with Gasteiger partial charge in [0.05, 0.1) is 0 Å². The van der Waals surface area contributed by atoms with Crippen molar-refractivity contribution in [2.45, 2.75) is 63.2 Å². The Balaban J connectivity index is 1.56. The summed E-state index contributed by atoms with van der Waals surface area (Å²) in [6, 6.07) is 8.96. The van der Waals surface area contributed by atoms with E-state index in [1.807, 2.05) is 0 Å². The third-order valence-electron chi connectivity index (χ3n) is 5.62. The molecule has 4 heteroatoms. The Morgan fingerprint density at radius 1 is 0.833 bits per heavy atom. The molecule has 128 valence electrons. The second-order valence-corrected chi connectivity index (χ2v) is 7.27. The van der Waals surface area contributed by atoms with Gasteiger partial charge in [0.15, 0.2) is 0 Å². The number of aryl methyl sites for hydroxylation is 1. The van der Waals surface area contributed by atoms with Gasteiger partial charge < -0.3 is 9.15 Å². The van der Waals surface area contributed by atoms with Crippen LogP contribution in [-0.2, 0) is 4.74 Å². The second-order valence-electron chi connectivity index (χ2n) is 7.27. The van der Waals surface area contributed by atoms with E-state index in [2.05, 4.69) is 41.4 Å². The summed E-state index contributed by atoms with van der Waals surface area (Å²) >= 11 is 0. The molecule has 4 rings (SSSR count). The van der Waals surface area contributed by atoms with Crippen molar-refractivity contribution in [2.75, 3.05) is 13.2 Å². The van der Waals surface area contributed by atoms with Crippen LogP contribution in [0.15, 0.2) is 28.7 Å². The molecule has 0 amide bonds. The predicted molar refractivity (Wildman–Crippen MR) is 92.2 cm³/mol. The van der Waals surface area contributed by atoms with Gasteiger partial charge in [0.25, 0.3) is 0 Å². The molecule has 2 unspecified atom stereocenters. The summed E-state index contributed by atoms with van der Waals surface area (Å²) in [7, 11) is 0. The highest BCUT2D eigenvalue weighted by molar-refractivity contribution is 5.27. The maximum Gasteiger partial charge on any atom is 0.220 e. The summed E-state index contributed by atoms with van der Waals surface area (Å²) in [5.74, 6) is 2.91. The third-order valence-corrected chi connectivity index (χ3v) is 5.62. The second kappa shape index (κ2) is 7.06. The van der Waals surface area contributed by atoms with Crippen molar-refractivity contribution in [1.82, 2.24) is 10.2 Å². The zero-order valence-electron chi connectivity index (χ0n) is 14.4. The number of ether oxygens (including phenoxy) is 1. The Hall–Kier alpha value is -1.68. The first kappa shape index (κ1) is 15.8. The molecule has 1 aliphatic carbocycles. The molecule has 1 aromatic carbocycles. The molecule has 0 spiro atoms. The molecule has 2 heterocycles. The van der Waals surface area contributed by atoms with Crippen molar-refractivity contribution >= 4 is 0 Å². The van der Waals surface area contributed by atoms with Crippen molar-refractivity contribution < 1.29 is 9.15 Å². The first-order valence-electron chi connectivity index (χ1n) is 9.29. The maximum absolute atomic E-state index is 6.16. The lowest BCUT2D eigenvalue weighted by Gasteiger charge is -2.29. The number of hydrogen-bond donors (Lipinski definition) is 0. The van der Waals surface area contributed by atoms with Crippen LogP contribution in [0.4, 0.5) is 0 Å². The van der Waals surface area contributed by atoms with Crippen LogP contribution in [0.3, 0.4) is 0 Å². The summed E-state index contributed by atoms with van der Waals surface area (Å²) in [6.07, 6.45) is 6.88. The smallest absolute Gasteiger partial charge is 0.220 e. The molecule has 0 N–H and O–H groups in total. The Bertz CT molecular complexity index is 659. The van der Waals surface area contributed by atoms with Crippen molar-refractivity contribution in [3.05, 3.63) is 47.2 Å². The van der Waals surface area contributed by atoms with Crippen LogP contribution in [0.1, 0.15) is 79.2 Å². The average molecular weight is 326 g/mol. The molecule has 2 atom stereocenters. The zero-order chi connectivity index (χ0) is 16.4. The van der Waals surface area contributed by atoms with Crippen molar-refractivity contribution in [3.63, 3.8) is 0 Å². The molecule has 2 fully saturated rings. The Labute approximate surface area is 143 Å². The van der Waals surface area contributed by atoms with E-state index in [1.54, 1.807) is 0 Å². The molecule has 1 aliphatic heterocycles. The minimum absolute atomic E-state index is 0.363. The van der Waals surface area contributed by atoms with E-state index in [9.17, 15) is 0 Å². The highest BCUT2D eigenvalue weighted by atomic mass is 16.5. The molecule has 4 nitrogen and oxygen atoms in total. The van der Waals surface area contributed by atoms with Gasteiger partial charge in [-0.2, -0.15) is 0 Å². The largest absolute Gasteiger partial charge is 0.425 e. The number of hydrogen-bond acceptors (Lipinski definition) is 4. The van der Waals surface area contributed by atoms with Crippen LogP contribution in [0.2, 0.25) is 0 Å². The lowest BCUT2D eigenvalue weighted by molar-refractivity contribution is 0.0789. The lowest BCUT2D eigenvalue weighted by Crippen LogP contribution is -2.16. The van der Waals surface area contributed by atoms with Crippen LogP contribution >= 0.6 is 0 Å². The van der Waals surface area contributed by atoms with Crippen LogP contribution in [-0.4, -0.2) is 23.4 Å². The Kier molecular flexibility index (Phi) is 4.65. The van der Waals surface area contributed by atoms with Gasteiger partial charge >= 0.3 is 0 Å². The van der Waals surface area contributed by atoms with Crippen LogP contribution in [0.25, 0.3) is 0 Å². The molecule has 0 radical (unpaired) electrons. The fourth-order valence-electron chi connectivity index (χ4n) is 4.14. The van der Waals surface area contributed by atoms with Gasteiger partial charge in [0.2, 0.25) is 11.8 Å². The van der Waals surface area contributed by atoms with E-state index in [-0.39, 0.29) is 0 Å². The minimum atomic E-state index is 0.363. The first-order chi connectivity index (χ1) is 11.8. The summed E-state index contributed by atoms with van der Waals surface area (Å²) < 4.78 is 11.6.